The number of aromatic nitrogens is 2. The van der Waals surface area contributed by atoms with Gasteiger partial charge in [0.1, 0.15) is 6.54 Å². The van der Waals surface area contributed by atoms with Gasteiger partial charge >= 0.3 is 12.0 Å². The van der Waals surface area contributed by atoms with Gasteiger partial charge in [0.05, 0.1) is 11.9 Å². The molecule has 1 unspecified atom stereocenters. The van der Waals surface area contributed by atoms with E-state index < -0.39 is 5.97 Å². The number of carboxylic acid groups (broad SMARTS) is 1. The largest absolute Gasteiger partial charge is 0.480 e. The van der Waals surface area contributed by atoms with E-state index in [1.54, 1.807) is 0 Å². The number of carboxylic acids is 1. The quantitative estimate of drug-likeness (QED) is 0.748. The zero-order valence-corrected chi connectivity index (χ0v) is 12.4. The molecule has 20 heavy (non-hydrogen) atoms. The van der Waals surface area contributed by atoms with Crippen LogP contribution in [0.15, 0.2) is 12.4 Å². The molecule has 110 valence electrons. The Kier molecular flexibility index (Phi) is 5.60. The first-order chi connectivity index (χ1) is 9.63. The van der Waals surface area contributed by atoms with Crippen LogP contribution in [0.4, 0.5) is 10.5 Å². The molecule has 2 amide bonds. The fourth-order valence-corrected chi connectivity index (χ4v) is 4.30. The monoisotopic (exact) mass is 316 g/mol. The summed E-state index contributed by atoms with van der Waals surface area (Å²) < 4.78 is 1.26. The van der Waals surface area contributed by atoms with Gasteiger partial charge in [-0.2, -0.15) is 28.6 Å². The average molecular weight is 316 g/mol. The van der Waals surface area contributed by atoms with Crippen LogP contribution in [0.3, 0.4) is 0 Å². The highest BCUT2D eigenvalue weighted by atomic mass is 32.2. The lowest BCUT2D eigenvalue weighted by atomic mass is 10.4. The van der Waals surface area contributed by atoms with Crippen molar-refractivity contribution in [1.29, 1.82) is 0 Å². The Morgan fingerprint density at radius 1 is 1.50 bits per heavy atom. The van der Waals surface area contributed by atoms with E-state index in [0.717, 1.165) is 11.5 Å². The fraction of sp³-hybridized carbons (Fsp3) is 0.545. The summed E-state index contributed by atoms with van der Waals surface area (Å²) in [6, 6.07) is -0.295. The number of aliphatic carboxylic acids is 1. The number of nitrogens with zero attached hydrogens (tertiary/aromatic N) is 2. The number of carbonyl (C=O) groups excluding carboxylic acids is 1. The minimum absolute atomic E-state index is 0.223. The lowest BCUT2D eigenvalue weighted by Gasteiger charge is -2.21. The van der Waals surface area contributed by atoms with E-state index in [9.17, 15) is 9.59 Å². The smallest absolute Gasteiger partial charge is 0.325 e. The Bertz CT molecular complexity index is 474. The summed E-state index contributed by atoms with van der Waals surface area (Å²) in [5, 5.41) is 18.4. The maximum atomic E-state index is 11.7. The molecule has 3 N–H and O–H groups in total. The van der Waals surface area contributed by atoms with Gasteiger partial charge in [0, 0.05) is 35.3 Å². The summed E-state index contributed by atoms with van der Waals surface area (Å²) in [6.07, 6.45) is 2.91. The van der Waals surface area contributed by atoms with E-state index in [1.165, 1.54) is 22.8 Å². The molecule has 0 aliphatic carbocycles. The van der Waals surface area contributed by atoms with Gasteiger partial charge in [-0.1, -0.05) is 0 Å². The highest BCUT2D eigenvalue weighted by Crippen LogP contribution is 2.23. The third-order valence-corrected chi connectivity index (χ3v) is 5.41. The molecule has 1 aromatic rings. The number of hydrogen-bond acceptors (Lipinski definition) is 5. The van der Waals surface area contributed by atoms with Gasteiger partial charge in [0.2, 0.25) is 0 Å². The second kappa shape index (κ2) is 7.44. The summed E-state index contributed by atoms with van der Waals surface area (Å²) in [6.45, 7) is 0.409. The first-order valence-corrected chi connectivity index (χ1v) is 8.32. The van der Waals surface area contributed by atoms with E-state index in [4.69, 9.17) is 5.11 Å². The second-order valence-electron chi connectivity index (χ2n) is 4.22. The summed E-state index contributed by atoms with van der Waals surface area (Å²) >= 11 is 3.78. The van der Waals surface area contributed by atoms with E-state index >= 15 is 0 Å². The number of anilines is 1. The Labute approximate surface area is 124 Å². The van der Waals surface area contributed by atoms with Crippen molar-refractivity contribution < 1.29 is 14.7 Å². The van der Waals surface area contributed by atoms with E-state index in [1.807, 2.05) is 23.5 Å². The lowest BCUT2D eigenvalue weighted by molar-refractivity contribution is -0.137. The number of nitrogens with one attached hydrogen (secondary N) is 2. The van der Waals surface area contributed by atoms with Crippen molar-refractivity contribution in [1.82, 2.24) is 15.1 Å². The first-order valence-electron chi connectivity index (χ1n) is 6.12. The van der Waals surface area contributed by atoms with Gasteiger partial charge in [-0.15, -0.1) is 0 Å². The van der Waals surface area contributed by atoms with Crippen molar-refractivity contribution in [3.8, 4) is 0 Å². The Morgan fingerprint density at radius 3 is 3.05 bits per heavy atom. The minimum atomic E-state index is -0.976. The van der Waals surface area contributed by atoms with Gasteiger partial charge in [-0.25, -0.2) is 4.79 Å². The molecule has 2 heterocycles. The molecule has 1 aliphatic rings. The van der Waals surface area contributed by atoms with Crippen LogP contribution < -0.4 is 10.6 Å². The maximum absolute atomic E-state index is 11.7. The topological polar surface area (TPSA) is 96.2 Å². The lowest BCUT2D eigenvalue weighted by Crippen LogP contribution is -2.36. The van der Waals surface area contributed by atoms with E-state index in [0.29, 0.717) is 17.5 Å². The number of thioether (sulfide) groups is 2. The number of carbonyl (C=O) groups is 2. The van der Waals surface area contributed by atoms with Gasteiger partial charge in [0.15, 0.2) is 0 Å². The third-order valence-electron chi connectivity index (χ3n) is 2.56. The van der Waals surface area contributed by atoms with E-state index in [2.05, 4.69) is 15.7 Å². The van der Waals surface area contributed by atoms with Crippen LogP contribution in [-0.2, 0) is 11.3 Å². The number of urea groups is 1. The van der Waals surface area contributed by atoms with E-state index in [-0.39, 0.29) is 12.6 Å². The van der Waals surface area contributed by atoms with Gasteiger partial charge in [0.25, 0.3) is 0 Å². The van der Waals surface area contributed by atoms with Crippen molar-refractivity contribution in [2.24, 2.45) is 0 Å². The number of hydrogen-bond donors (Lipinski definition) is 3. The molecule has 0 radical (unpaired) electrons. The van der Waals surface area contributed by atoms with Gasteiger partial charge in [-0.3, -0.25) is 9.48 Å². The summed E-state index contributed by atoms with van der Waals surface area (Å²) in [5.74, 6) is 2.38. The molecule has 2 rings (SSSR count). The van der Waals surface area contributed by atoms with Gasteiger partial charge < -0.3 is 15.7 Å². The zero-order chi connectivity index (χ0) is 14.4. The molecule has 0 bridgehead atoms. The van der Waals surface area contributed by atoms with Crippen LogP contribution >= 0.6 is 23.5 Å². The number of rotatable bonds is 5. The molecular weight excluding hydrogens is 300 g/mol. The van der Waals surface area contributed by atoms with Crippen molar-refractivity contribution in [3.63, 3.8) is 0 Å². The Morgan fingerprint density at radius 2 is 2.35 bits per heavy atom. The molecule has 1 aliphatic heterocycles. The highest BCUT2D eigenvalue weighted by Gasteiger charge is 2.15. The molecule has 0 saturated carbocycles. The maximum Gasteiger partial charge on any atom is 0.325 e. The summed E-state index contributed by atoms with van der Waals surface area (Å²) in [5.41, 5.74) is 0.481. The van der Waals surface area contributed by atoms with Crippen LogP contribution in [0.5, 0.6) is 0 Å². The zero-order valence-electron chi connectivity index (χ0n) is 10.7. The standard InChI is InChI=1S/C11H16N4O3S2/c16-10(17)6-15-5-8(3-13-15)14-11(18)12-4-9-7-19-1-2-20-9/h3,5,9H,1-2,4,6-7H2,(H,16,17)(H2,12,14,18). The molecule has 0 aromatic carbocycles. The van der Waals surface area contributed by atoms with Crippen molar-refractivity contribution in [3.05, 3.63) is 12.4 Å². The van der Waals surface area contributed by atoms with Crippen LogP contribution in [0.2, 0.25) is 0 Å². The molecular formula is C11H16N4O3S2. The predicted molar refractivity (Wildman–Crippen MR) is 80.5 cm³/mol. The number of amides is 2. The fourth-order valence-electron chi connectivity index (χ4n) is 1.69. The molecule has 7 nitrogen and oxygen atoms in total. The predicted octanol–water partition coefficient (Wildman–Crippen LogP) is 0.938. The molecule has 9 heteroatoms. The Balaban J connectivity index is 1.73. The third kappa shape index (κ3) is 4.97. The van der Waals surface area contributed by atoms with Crippen LogP contribution in [-0.4, -0.2) is 55.9 Å². The molecule has 1 aromatic heterocycles. The van der Waals surface area contributed by atoms with Crippen LogP contribution in [0.1, 0.15) is 0 Å². The SMILES string of the molecule is O=C(O)Cn1cc(NC(=O)NCC2CSCCS2)cn1. The second-order valence-corrected chi connectivity index (χ2v) is 6.78. The Hall–Kier alpha value is -1.35. The van der Waals surface area contributed by atoms with Crippen LogP contribution in [0.25, 0.3) is 0 Å². The molecule has 1 atom stereocenters. The first kappa shape index (κ1) is 15.0. The highest BCUT2D eigenvalue weighted by molar-refractivity contribution is 8.06. The van der Waals surface area contributed by atoms with Gasteiger partial charge in [-0.05, 0) is 0 Å². The minimum Gasteiger partial charge on any atom is -0.480 e. The molecule has 1 saturated heterocycles. The summed E-state index contributed by atoms with van der Waals surface area (Å²) in [7, 11) is 0. The van der Waals surface area contributed by atoms with Crippen molar-refractivity contribution in [2.45, 2.75) is 11.8 Å². The normalized spacial score (nSPS) is 18.5. The molecule has 0 spiro atoms. The van der Waals surface area contributed by atoms with Crippen LogP contribution in [0, 0.1) is 0 Å². The van der Waals surface area contributed by atoms with Crippen molar-refractivity contribution >= 4 is 41.2 Å². The average Bonchev–Trinajstić information content (AvgIpc) is 2.84. The molecule has 1 fully saturated rings. The van der Waals surface area contributed by atoms with Crippen molar-refractivity contribution in [2.75, 3.05) is 29.1 Å². The summed E-state index contributed by atoms with van der Waals surface area (Å²) in [4.78, 5) is 22.2.